The first kappa shape index (κ1) is 23.2. The summed E-state index contributed by atoms with van der Waals surface area (Å²) in [6, 6.07) is 8.61. The maximum atomic E-state index is 12.4. The molecule has 2 aliphatic rings. The molecule has 2 N–H and O–H groups in total. The third kappa shape index (κ3) is 6.76. The fraction of sp³-hybridized carbons (Fsp3) is 0.481. The van der Waals surface area contributed by atoms with Gasteiger partial charge in [0.25, 0.3) is 0 Å². The van der Waals surface area contributed by atoms with Crippen LogP contribution in [0.15, 0.2) is 60.2 Å². The van der Waals surface area contributed by atoms with Crippen molar-refractivity contribution >= 4 is 11.8 Å². The van der Waals surface area contributed by atoms with Crippen LogP contribution in [-0.2, 0) is 22.4 Å². The highest BCUT2D eigenvalue weighted by atomic mass is 16.4. The molecule has 0 aliphatic heterocycles. The van der Waals surface area contributed by atoms with Crippen LogP contribution in [-0.4, -0.2) is 28.1 Å². The average Bonchev–Trinajstić information content (AvgIpc) is 3.27. The van der Waals surface area contributed by atoms with Gasteiger partial charge < -0.3 is 10.2 Å². The van der Waals surface area contributed by atoms with Gasteiger partial charge in [-0.2, -0.15) is 0 Å². The van der Waals surface area contributed by atoms with E-state index in [1.54, 1.807) is 6.08 Å². The van der Waals surface area contributed by atoms with E-state index in [0.29, 0.717) is 25.2 Å². The van der Waals surface area contributed by atoms with E-state index in [1.807, 2.05) is 31.2 Å². The lowest BCUT2D eigenvalue weighted by Crippen LogP contribution is -2.15. The largest absolute Gasteiger partial charge is 0.481 e. The molecule has 4 nitrogen and oxygen atoms in total. The van der Waals surface area contributed by atoms with Gasteiger partial charge in [0.2, 0.25) is 0 Å². The van der Waals surface area contributed by atoms with Crippen molar-refractivity contribution in [2.45, 2.75) is 64.4 Å². The highest BCUT2D eigenvalue weighted by molar-refractivity contribution is 5.96. The smallest absolute Gasteiger partial charge is 0.303 e. The third-order valence-electron chi connectivity index (χ3n) is 6.56. The van der Waals surface area contributed by atoms with Gasteiger partial charge in [-0.1, -0.05) is 54.1 Å². The molecule has 31 heavy (non-hydrogen) atoms. The normalized spacial score (nSPS) is 22.4. The molecule has 0 saturated heterocycles. The van der Waals surface area contributed by atoms with Crippen LogP contribution in [0.3, 0.4) is 0 Å². The molecule has 4 heteroatoms. The summed E-state index contributed by atoms with van der Waals surface area (Å²) in [5.74, 6) is -0.125. The zero-order chi connectivity index (χ0) is 22.2. The molecule has 0 spiro atoms. The predicted octanol–water partition coefficient (Wildman–Crippen LogP) is 5.06. The monoisotopic (exact) mass is 422 g/mol. The second kappa shape index (κ2) is 11.2. The Bertz CT molecular complexity index is 839. The number of ketones is 1. The number of unbranched alkanes of at least 4 members (excludes halogenated alkanes) is 1. The molecule has 0 bridgehead atoms. The number of hydrogen-bond acceptors (Lipinski definition) is 3. The summed E-state index contributed by atoms with van der Waals surface area (Å²) in [6.45, 7) is 1.98. The molecule has 0 saturated carbocycles. The summed E-state index contributed by atoms with van der Waals surface area (Å²) in [4.78, 5) is 22.9. The molecule has 3 rings (SSSR count). The number of aliphatic carboxylic acids is 1. The molecule has 1 aromatic rings. The molecule has 0 fully saturated rings. The minimum Gasteiger partial charge on any atom is -0.481 e. The van der Waals surface area contributed by atoms with Crippen LogP contribution < -0.4 is 0 Å². The summed E-state index contributed by atoms with van der Waals surface area (Å²) in [7, 11) is 0. The third-order valence-corrected chi connectivity index (χ3v) is 6.56. The van der Waals surface area contributed by atoms with Crippen molar-refractivity contribution in [2.24, 2.45) is 17.8 Å². The van der Waals surface area contributed by atoms with Crippen molar-refractivity contribution in [1.29, 1.82) is 0 Å². The zero-order valence-electron chi connectivity index (χ0n) is 18.4. The standard InChI is InChI=1S/C27H34O4/c1-19-16-26(29)25(10-4-2-3-5-11-27(30)31)24(19)15-14-23(28)13-12-20-17-21-8-6-7-9-22(21)18-20/h2,4,6-9,14-16,20,23-25,28H,3,5,10-13,17-18H2,1H3,(H,30,31)/b4-2-,15-14+/t23-,24-,25+/m0/s1. The topological polar surface area (TPSA) is 74.6 Å². The summed E-state index contributed by atoms with van der Waals surface area (Å²) in [6.07, 6.45) is 15.2. The van der Waals surface area contributed by atoms with Gasteiger partial charge in [0, 0.05) is 18.3 Å². The van der Waals surface area contributed by atoms with E-state index in [9.17, 15) is 14.7 Å². The minimum absolute atomic E-state index is 0.0292. The highest BCUT2D eigenvalue weighted by Crippen LogP contribution is 2.34. The minimum atomic E-state index is -0.777. The predicted molar refractivity (Wildman–Crippen MR) is 123 cm³/mol. The Morgan fingerprint density at radius 1 is 1.19 bits per heavy atom. The van der Waals surface area contributed by atoms with Gasteiger partial charge in [-0.05, 0) is 75.0 Å². The number of carbonyl (C=O) groups is 2. The number of fused-ring (bicyclic) bond motifs is 1. The lowest BCUT2D eigenvalue weighted by molar-refractivity contribution is -0.137. The second-order valence-corrected chi connectivity index (χ2v) is 8.99. The molecule has 0 aromatic heterocycles. The molecule has 1 aromatic carbocycles. The first-order chi connectivity index (χ1) is 14.9. The maximum absolute atomic E-state index is 12.4. The zero-order valence-corrected chi connectivity index (χ0v) is 18.4. The van der Waals surface area contributed by atoms with E-state index < -0.39 is 12.1 Å². The molecule has 166 valence electrons. The highest BCUT2D eigenvalue weighted by Gasteiger charge is 2.31. The van der Waals surface area contributed by atoms with E-state index in [4.69, 9.17) is 5.11 Å². The summed E-state index contributed by atoms with van der Waals surface area (Å²) in [5, 5.41) is 19.2. The lowest BCUT2D eigenvalue weighted by atomic mass is 9.87. The van der Waals surface area contributed by atoms with Gasteiger partial charge >= 0.3 is 5.97 Å². The molecule has 0 heterocycles. The Labute approximate surface area is 185 Å². The van der Waals surface area contributed by atoms with E-state index in [0.717, 1.165) is 31.3 Å². The molecular formula is C27H34O4. The van der Waals surface area contributed by atoms with Crippen LogP contribution >= 0.6 is 0 Å². The number of carboxylic acid groups (broad SMARTS) is 1. The quantitative estimate of drug-likeness (QED) is 0.386. The Hall–Kier alpha value is -2.46. The van der Waals surface area contributed by atoms with E-state index in [-0.39, 0.29) is 24.0 Å². The number of rotatable bonds is 11. The fourth-order valence-corrected chi connectivity index (χ4v) is 4.81. The summed E-state index contributed by atoms with van der Waals surface area (Å²) >= 11 is 0. The van der Waals surface area contributed by atoms with Crippen LogP contribution in [0.1, 0.15) is 56.6 Å². The molecule has 3 atom stereocenters. The van der Waals surface area contributed by atoms with Gasteiger partial charge in [0.05, 0.1) is 6.10 Å². The van der Waals surface area contributed by atoms with Gasteiger partial charge in [0.1, 0.15) is 0 Å². The summed E-state index contributed by atoms with van der Waals surface area (Å²) < 4.78 is 0. The number of allylic oxidation sites excluding steroid dienone is 5. The SMILES string of the molecule is CC1=CC(=O)[C@H](C/C=C\CCCC(=O)O)[C@H]1/C=C/[C@@H](O)CCC1Cc2ccccc2C1. The van der Waals surface area contributed by atoms with Crippen molar-refractivity contribution in [3.8, 4) is 0 Å². The molecule has 0 radical (unpaired) electrons. The van der Waals surface area contributed by atoms with Crippen LogP contribution in [0.5, 0.6) is 0 Å². The van der Waals surface area contributed by atoms with Crippen LogP contribution in [0.4, 0.5) is 0 Å². The number of benzene rings is 1. The van der Waals surface area contributed by atoms with Crippen molar-refractivity contribution < 1.29 is 19.8 Å². The number of carbonyl (C=O) groups excluding carboxylic acids is 1. The maximum Gasteiger partial charge on any atom is 0.303 e. The number of carboxylic acids is 1. The van der Waals surface area contributed by atoms with Gasteiger partial charge in [0.15, 0.2) is 5.78 Å². The van der Waals surface area contributed by atoms with E-state index >= 15 is 0 Å². The van der Waals surface area contributed by atoms with Crippen LogP contribution in [0.25, 0.3) is 0 Å². The van der Waals surface area contributed by atoms with Crippen molar-refractivity contribution in [1.82, 2.24) is 0 Å². The van der Waals surface area contributed by atoms with Crippen molar-refractivity contribution in [3.63, 3.8) is 0 Å². The van der Waals surface area contributed by atoms with Crippen molar-refractivity contribution in [2.75, 3.05) is 0 Å². The van der Waals surface area contributed by atoms with Gasteiger partial charge in [-0.15, -0.1) is 0 Å². The van der Waals surface area contributed by atoms with Crippen molar-refractivity contribution in [3.05, 3.63) is 71.3 Å². The van der Waals surface area contributed by atoms with Gasteiger partial charge in [-0.25, -0.2) is 0 Å². The first-order valence-electron chi connectivity index (χ1n) is 11.5. The summed E-state index contributed by atoms with van der Waals surface area (Å²) in [5.41, 5.74) is 3.94. The van der Waals surface area contributed by atoms with E-state index in [1.165, 1.54) is 11.1 Å². The van der Waals surface area contributed by atoms with Gasteiger partial charge in [-0.3, -0.25) is 9.59 Å². The first-order valence-corrected chi connectivity index (χ1v) is 11.5. The molecule has 2 aliphatic carbocycles. The number of hydrogen-bond donors (Lipinski definition) is 2. The Morgan fingerprint density at radius 3 is 2.58 bits per heavy atom. The van der Waals surface area contributed by atoms with Crippen LogP contribution in [0, 0.1) is 17.8 Å². The average molecular weight is 423 g/mol. The Kier molecular flexibility index (Phi) is 8.42. The fourth-order valence-electron chi connectivity index (χ4n) is 4.81. The Morgan fingerprint density at radius 2 is 1.90 bits per heavy atom. The van der Waals surface area contributed by atoms with E-state index in [2.05, 4.69) is 24.3 Å². The number of aliphatic hydroxyl groups excluding tert-OH is 1. The molecular weight excluding hydrogens is 388 g/mol. The lowest BCUT2D eigenvalue weighted by Gasteiger charge is -2.17. The van der Waals surface area contributed by atoms with Crippen LogP contribution in [0.2, 0.25) is 0 Å². The number of aliphatic hydroxyl groups is 1. The molecule has 0 unspecified atom stereocenters. The second-order valence-electron chi connectivity index (χ2n) is 8.99. The molecule has 0 amide bonds. The Balaban J connectivity index is 1.45.